The predicted octanol–water partition coefficient (Wildman–Crippen LogP) is 2.62. The second-order valence-corrected chi connectivity index (χ2v) is 10.7. The van der Waals surface area contributed by atoms with Crippen molar-refractivity contribution in [1.82, 2.24) is 0 Å². The average molecular weight is 261 g/mol. The molecule has 3 aliphatic heterocycles. The van der Waals surface area contributed by atoms with Crippen molar-refractivity contribution in [3.05, 3.63) is 29.8 Å². The quantitative estimate of drug-likeness (QED) is 0.670. The molecule has 1 aromatic carbocycles. The summed E-state index contributed by atoms with van der Waals surface area (Å²) in [7, 11) is -2.82. The van der Waals surface area contributed by atoms with Crippen LogP contribution in [-0.2, 0) is 4.43 Å². The van der Waals surface area contributed by atoms with Gasteiger partial charge in [-0.1, -0.05) is 0 Å². The van der Waals surface area contributed by atoms with Gasteiger partial charge in [0.25, 0.3) is 0 Å². The van der Waals surface area contributed by atoms with Crippen molar-refractivity contribution in [3.63, 3.8) is 0 Å². The van der Waals surface area contributed by atoms with Crippen LogP contribution in [0.3, 0.4) is 0 Å². The van der Waals surface area contributed by atoms with Gasteiger partial charge in [-0.3, -0.25) is 0 Å². The van der Waals surface area contributed by atoms with Crippen LogP contribution in [0.4, 0.5) is 0 Å². The number of fused-ring (bicyclic) bond motifs is 1. The molecule has 0 unspecified atom stereocenters. The fourth-order valence-electron chi connectivity index (χ4n) is 4.16. The second kappa shape index (κ2) is 3.25. The van der Waals surface area contributed by atoms with E-state index in [0.717, 1.165) is 31.0 Å². The van der Waals surface area contributed by atoms with Crippen LogP contribution in [0.25, 0.3) is 0 Å². The molecule has 3 heterocycles. The average Bonchev–Trinajstić information content (AvgIpc) is 2.96. The normalized spacial score (nSPS) is 29.3. The third-order valence-electron chi connectivity index (χ3n) is 4.96. The molecular weight excluding hydrogens is 242 g/mol. The zero-order chi connectivity index (χ0) is 12.2. The number of benzene rings is 1. The maximum absolute atomic E-state index is 6.60. The molecule has 18 heavy (non-hydrogen) atoms. The van der Waals surface area contributed by atoms with Crippen molar-refractivity contribution in [2.24, 2.45) is 0 Å². The van der Waals surface area contributed by atoms with Crippen molar-refractivity contribution in [2.75, 3.05) is 13.2 Å². The van der Waals surface area contributed by atoms with Gasteiger partial charge in [0.15, 0.2) is 0 Å². The molecule has 2 saturated heterocycles. The fraction of sp³-hybridized carbons (Fsp3) is 0.500. The van der Waals surface area contributed by atoms with Crippen LogP contribution >= 0.6 is 0 Å². The molecule has 96 valence electrons. The number of hydrogen-bond donors (Lipinski definition) is 0. The monoisotopic (exact) mass is 261 g/mol. The fourth-order valence-corrected chi connectivity index (χ4v) is 10.4. The Hall–Kier alpha value is -1.13. The van der Waals surface area contributed by atoms with Crippen LogP contribution in [0.15, 0.2) is 24.3 Å². The van der Waals surface area contributed by atoms with E-state index < -0.39 is 8.00 Å². The Morgan fingerprint density at radius 3 is 2.78 bits per heavy atom. The van der Waals surface area contributed by atoms with Crippen molar-refractivity contribution < 1.29 is 13.1 Å². The third kappa shape index (κ3) is 1.10. The Kier molecular flexibility index (Phi) is 1.94. The van der Waals surface area contributed by atoms with Gasteiger partial charge in [-0.25, -0.2) is 0 Å². The molecular formula is C14H19NO2Si. The van der Waals surface area contributed by atoms with Crippen LogP contribution in [0.2, 0.25) is 12.1 Å². The van der Waals surface area contributed by atoms with Crippen LogP contribution < -0.4 is 4.43 Å². The molecule has 4 rings (SSSR count). The summed E-state index contributed by atoms with van der Waals surface area (Å²) in [5, 5.41) is 0. The summed E-state index contributed by atoms with van der Waals surface area (Å²) >= 11 is 0. The molecule has 0 amide bonds. The minimum atomic E-state index is -2.82. The molecule has 1 spiro atoms. The Bertz CT molecular complexity index is 552. The molecule has 1 aromatic rings. The molecule has 0 N–H and O–H groups in total. The first-order valence-electron chi connectivity index (χ1n) is 6.95. The summed E-state index contributed by atoms with van der Waals surface area (Å²) in [6.45, 7) is 4.07. The number of rotatable bonds is 0. The van der Waals surface area contributed by atoms with Gasteiger partial charge in [0.05, 0.1) is 0 Å². The van der Waals surface area contributed by atoms with Crippen molar-refractivity contribution >= 4 is 13.7 Å². The first-order chi connectivity index (χ1) is 8.73. The van der Waals surface area contributed by atoms with Gasteiger partial charge >= 0.3 is 107 Å². The van der Waals surface area contributed by atoms with Gasteiger partial charge in [0.2, 0.25) is 0 Å². The molecule has 0 saturated carbocycles. The van der Waals surface area contributed by atoms with E-state index in [9.17, 15) is 0 Å². The summed E-state index contributed by atoms with van der Waals surface area (Å²) in [5.41, 5.74) is 2.61. The number of hydrogen-bond acceptors (Lipinski definition) is 2. The molecule has 3 nitrogen and oxygen atoms in total. The van der Waals surface area contributed by atoms with Crippen LogP contribution in [0.1, 0.15) is 25.3 Å². The van der Waals surface area contributed by atoms with Crippen molar-refractivity contribution in [3.8, 4) is 5.75 Å². The van der Waals surface area contributed by atoms with Gasteiger partial charge in [-0.05, 0) is 0 Å². The summed E-state index contributed by atoms with van der Waals surface area (Å²) in [5.74, 6) is 1.04. The molecule has 0 aromatic heterocycles. The van der Waals surface area contributed by atoms with E-state index in [1.54, 1.807) is 0 Å². The van der Waals surface area contributed by atoms with E-state index in [1.807, 2.05) is 0 Å². The Balaban J connectivity index is 2.01. The van der Waals surface area contributed by atoms with Gasteiger partial charge in [-0.2, -0.15) is 0 Å². The Morgan fingerprint density at radius 1 is 1.17 bits per heavy atom. The van der Waals surface area contributed by atoms with Gasteiger partial charge in [-0.15, -0.1) is 0 Å². The second-order valence-electron chi connectivity index (χ2n) is 5.80. The molecule has 0 aliphatic carbocycles. The molecule has 0 atom stereocenters. The number of para-hydroxylation sites is 1. The minimum absolute atomic E-state index is 0.832. The Labute approximate surface area is 108 Å². The predicted molar refractivity (Wildman–Crippen MR) is 72.5 cm³/mol. The number of nitrogens with zero attached hydrogens (tertiary/aromatic N) is 1. The maximum atomic E-state index is 6.60. The summed E-state index contributed by atoms with van der Waals surface area (Å²) in [6, 6.07) is 10.7. The third-order valence-corrected chi connectivity index (χ3v) is 10.9. The van der Waals surface area contributed by atoms with Crippen LogP contribution in [-0.4, -0.2) is 31.1 Å². The van der Waals surface area contributed by atoms with E-state index in [2.05, 4.69) is 35.4 Å². The standard InChI is InChI=1S/C14H19NO2Si/c1-12-13-6-2-3-7-14(13)17-18(10-4-5-11-18)15(12)8-9-16-18/h2-3,6-7H,4-5,8-11H2,1H3. The molecule has 2 fully saturated rings. The van der Waals surface area contributed by atoms with Crippen molar-refractivity contribution in [1.29, 1.82) is 0 Å². The van der Waals surface area contributed by atoms with Crippen LogP contribution in [0.5, 0.6) is 5.75 Å². The van der Waals surface area contributed by atoms with E-state index in [0.29, 0.717) is 0 Å². The van der Waals surface area contributed by atoms with E-state index in [4.69, 9.17) is 8.85 Å². The molecule has 3 aliphatic rings. The van der Waals surface area contributed by atoms with Gasteiger partial charge in [0, 0.05) is 0 Å². The Morgan fingerprint density at radius 2 is 1.94 bits per heavy atom. The van der Waals surface area contributed by atoms with Crippen LogP contribution in [0, 0.1) is 0 Å². The molecule has 0 radical (unpaired) electrons. The summed E-state index contributed by atoms with van der Waals surface area (Å²) < 4.78 is 15.5. The summed E-state index contributed by atoms with van der Waals surface area (Å²) in [6.07, 6.45) is 2.50. The topological polar surface area (TPSA) is 21.5 Å². The van der Waals surface area contributed by atoms with E-state index in [1.165, 1.54) is 24.1 Å². The summed E-state index contributed by atoms with van der Waals surface area (Å²) in [4.78, 5) is 0. The first kappa shape index (κ1) is 10.8. The van der Waals surface area contributed by atoms with Gasteiger partial charge < -0.3 is 0 Å². The SMILES string of the molecule is CC1=[N+]2CCO[Si-]23(CCCC3)Oc2ccccc21. The first-order valence-corrected chi connectivity index (χ1v) is 9.63. The van der Waals surface area contributed by atoms with E-state index in [-0.39, 0.29) is 0 Å². The zero-order valence-corrected chi connectivity index (χ0v) is 11.8. The van der Waals surface area contributed by atoms with Crippen molar-refractivity contribution in [2.45, 2.75) is 31.9 Å². The van der Waals surface area contributed by atoms with Gasteiger partial charge in [0.1, 0.15) is 0 Å². The molecule has 0 bridgehead atoms. The zero-order valence-electron chi connectivity index (χ0n) is 10.8. The molecule has 4 heteroatoms. The van der Waals surface area contributed by atoms with E-state index >= 15 is 0 Å².